The number of hydrogen-bond donors (Lipinski definition) is 1. The van der Waals surface area contributed by atoms with Crippen molar-refractivity contribution in [3.63, 3.8) is 0 Å². The molecule has 1 rings (SSSR count). The summed E-state index contributed by atoms with van der Waals surface area (Å²) >= 11 is 0. The molecule has 0 saturated carbocycles. The number of hydrogen-bond acceptors (Lipinski definition) is 3. The van der Waals surface area contributed by atoms with Gasteiger partial charge in [-0.3, -0.25) is 0 Å². The molecule has 0 radical (unpaired) electrons. The van der Waals surface area contributed by atoms with E-state index < -0.39 is 0 Å². The van der Waals surface area contributed by atoms with E-state index in [2.05, 4.69) is 0 Å². The number of aliphatic hydroxyl groups is 1. The molecule has 1 aliphatic heterocycles. The predicted molar refractivity (Wildman–Crippen MR) is 27.4 cm³/mol. The molecule has 0 aromatic heterocycles. The molecular weight excluding hydrogens is 108 g/mol. The average molecular weight is 118 g/mol. The third-order valence-electron chi connectivity index (χ3n) is 1.10. The maximum absolute atomic E-state index is 8.48. The Kier molecular flexibility index (Phi) is 1.83. The van der Waals surface area contributed by atoms with Crippen molar-refractivity contribution in [3.05, 3.63) is 0 Å². The van der Waals surface area contributed by atoms with Gasteiger partial charge in [0.25, 0.3) is 0 Å². The molecule has 1 aliphatic rings. The van der Waals surface area contributed by atoms with Gasteiger partial charge in [-0.1, -0.05) is 0 Å². The van der Waals surface area contributed by atoms with E-state index >= 15 is 0 Å². The zero-order chi connectivity index (χ0) is 5.98. The molecule has 3 heteroatoms. The minimum atomic E-state index is -0.132. The number of rotatable bonds is 1. The first-order chi connectivity index (χ1) is 3.83. The van der Waals surface area contributed by atoms with Gasteiger partial charge in [-0.25, -0.2) is 0 Å². The van der Waals surface area contributed by atoms with E-state index in [1.807, 2.05) is 6.92 Å². The highest BCUT2D eigenvalue weighted by Crippen LogP contribution is 2.08. The van der Waals surface area contributed by atoms with E-state index in [0.29, 0.717) is 6.61 Å². The summed E-state index contributed by atoms with van der Waals surface area (Å²) in [5.41, 5.74) is 0. The van der Waals surface area contributed by atoms with Gasteiger partial charge in [-0.05, 0) is 6.92 Å². The molecule has 3 nitrogen and oxygen atoms in total. The molecule has 0 bridgehead atoms. The van der Waals surface area contributed by atoms with Crippen LogP contribution < -0.4 is 0 Å². The normalized spacial score (nSPS) is 38.2. The zero-order valence-corrected chi connectivity index (χ0v) is 4.83. The van der Waals surface area contributed by atoms with Crippen LogP contribution in [-0.4, -0.2) is 30.7 Å². The van der Waals surface area contributed by atoms with E-state index in [1.165, 1.54) is 0 Å². The van der Waals surface area contributed by atoms with Crippen LogP contribution in [0.1, 0.15) is 6.92 Å². The standard InChI is InChI=1S/C5H10O3/c1-4-7-3-5(2-6)8-4/h4-6H,2-3H2,1H3/t4?,5-/m0/s1. The van der Waals surface area contributed by atoms with Crippen molar-refractivity contribution >= 4 is 0 Å². The van der Waals surface area contributed by atoms with Crippen LogP contribution in [0.2, 0.25) is 0 Å². The fraction of sp³-hybridized carbons (Fsp3) is 1.00. The molecular formula is C5H10O3. The van der Waals surface area contributed by atoms with Crippen LogP contribution in [0.4, 0.5) is 0 Å². The first-order valence-electron chi connectivity index (χ1n) is 2.71. The summed E-state index contributed by atoms with van der Waals surface area (Å²) in [4.78, 5) is 0. The molecule has 1 saturated heterocycles. The molecule has 48 valence electrons. The van der Waals surface area contributed by atoms with Gasteiger partial charge in [-0.2, -0.15) is 0 Å². The van der Waals surface area contributed by atoms with Gasteiger partial charge in [-0.15, -0.1) is 0 Å². The summed E-state index contributed by atoms with van der Waals surface area (Å²) in [7, 11) is 0. The lowest BCUT2D eigenvalue weighted by atomic mass is 10.4. The third kappa shape index (κ3) is 1.18. The first-order valence-corrected chi connectivity index (χ1v) is 2.71. The van der Waals surface area contributed by atoms with Gasteiger partial charge >= 0.3 is 0 Å². The van der Waals surface area contributed by atoms with Gasteiger partial charge in [0.15, 0.2) is 6.29 Å². The van der Waals surface area contributed by atoms with Crippen molar-refractivity contribution in [1.82, 2.24) is 0 Å². The van der Waals surface area contributed by atoms with Gasteiger partial charge in [0.1, 0.15) is 6.10 Å². The second-order valence-electron chi connectivity index (χ2n) is 1.84. The molecule has 8 heavy (non-hydrogen) atoms. The maximum Gasteiger partial charge on any atom is 0.155 e. The summed E-state index contributed by atoms with van der Waals surface area (Å²) in [6, 6.07) is 0. The van der Waals surface area contributed by atoms with Crippen molar-refractivity contribution < 1.29 is 14.6 Å². The van der Waals surface area contributed by atoms with Crippen molar-refractivity contribution in [2.24, 2.45) is 0 Å². The molecule has 0 spiro atoms. The Labute approximate surface area is 48.2 Å². The Morgan fingerprint density at radius 2 is 2.50 bits per heavy atom. The molecule has 0 amide bonds. The van der Waals surface area contributed by atoms with Gasteiger partial charge < -0.3 is 14.6 Å². The van der Waals surface area contributed by atoms with Crippen LogP contribution in [0.3, 0.4) is 0 Å². The average Bonchev–Trinajstić information content (AvgIpc) is 2.14. The molecule has 2 atom stereocenters. The maximum atomic E-state index is 8.48. The minimum Gasteiger partial charge on any atom is -0.394 e. The largest absolute Gasteiger partial charge is 0.394 e. The lowest BCUT2D eigenvalue weighted by Crippen LogP contribution is -2.14. The Balaban J connectivity index is 2.22. The predicted octanol–water partition coefficient (Wildman–Crippen LogP) is -0.260. The van der Waals surface area contributed by atoms with E-state index in [-0.39, 0.29) is 19.0 Å². The van der Waals surface area contributed by atoms with Crippen LogP contribution in [0.15, 0.2) is 0 Å². The highest BCUT2D eigenvalue weighted by Gasteiger charge is 2.20. The molecule has 1 fully saturated rings. The SMILES string of the molecule is CC1OC[C@H](CO)O1. The molecule has 0 aromatic carbocycles. The molecule has 0 aliphatic carbocycles. The molecule has 0 aromatic rings. The van der Waals surface area contributed by atoms with Crippen LogP contribution >= 0.6 is 0 Å². The topological polar surface area (TPSA) is 38.7 Å². The third-order valence-corrected chi connectivity index (χ3v) is 1.10. The van der Waals surface area contributed by atoms with E-state index in [9.17, 15) is 0 Å². The molecule has 1 heterocycles. The van der Waals surface area contributed by atoms with Crippen LogP contribution in [0.5, 0.6) is 0 Å². The van der Waals surface area contributed by atoms with Crippen LogP contribution in [0.25, 0.3) is 0 Å². The monoisotopic (exact) mass is 118 g/mol. The lowest BCUT2D eigenvalue weighted by Gasteiger charge is -2.01. The Morgan fingerprint density at radius 1 is 1.75 bits per heavy atom. The summed E-state index contributed by atoms with van der Waals surface area (Å²) in [5, 5.41) is 8.48. The summed E-state index contributed by atoms with van der Waals surface area (Å²) in [6.45, 7) is 2.40. The molecule has 1 N–H and O–H groups in total. The lowest BCUT2D eigenvalue weighted by molar-refractivity contribution is -0.0505. The molecule has 1 unspecified atom stereocenters. The van der Waals surface area contributed by atoms with E-state index in [4.69, 9.17) is 14.6 Å². The van der Waals surface area contributed by atoms with Gasteiger partial charge in [0.05, 0.1) is 13.2 Å². The summed E-state index contributed by atoms with van der Waals surface area (Å²) < 4.78 is 10.0. The number of aliphatic hydroxyl groups excluding tert-OH is 1. The van der Waals surface area contributed by atoms with Crippen LogP contribution in [-0.2, 0) is 9.47 Å². The highest BCUT2D eigenvalue weighted by molar-refractivity contribution is 4.59. The minimum absolute atomic E-state index is 0.0599. The van der Waals surface area contributed by atoms with Gasteiger partial charge in [0, 0.05) is 0 Å². The zero-order valence-electron chi connectivity index (χ0n) is 4.83. The van der Waals surface area contributed by atoms with Crippen molar-refractivity contribution in [2.45, 2.75) is 19.3 Å². The van der Waals surface area contributed by atoms with E-state index in [1.54, 1.807) is 0 Å². The van der Waals surface area contributed by atoms with Crippen molar-refractivity contribution in [1.29, 1.82) is 0 Å². The first kappa shape index (κ1) is 6.01. The summed E-state index contributed by atoms with van der Waals surface area (Å²) in [5.74, 6) is 0. The van der Waals surface area contributed by atoms with Gasteiger partial charge in [0.2, 0.25) is 0 Å². The smallest absolute Gasteiger partial charge is 0.155 e. The van der Waals surface area contributed by atoms with Crippen molar-refractivity contribution in [3.8, 4) is 0 Å². The van der Waals surface area contributed by atoms with Crippen LogP contribution in [0, 0.1) is 0 Å². The highest BCUT2D eigenvalue weighted by atomic mass is 16.7. The number of ether oxygens (including phenoxy) is 2. The summed E-state index contributed by atoms with van der Waals surface area (Å²) in [6.07, 6.45) is -0.225. The fourth-order valence-electron chi connectivity index (χ4n) is 0.688. The Morgan fingerprint density at radius 3 is 2.75 bits per heavy atom. The second kappa shape index (κ2) is 2.44. The van der Waals surface area contributed by atoms with E-state index in [0.717, 1.165) is 0 Å². The Hall–Kier alpha value is -0.120. The quantitative estimate of drug-likeness (QED) is 0.515. The second-order valence-corrected chi connectivity index (χ2v) is 1.84. The Bertz CT molecular complexity index is 74.1. The fourth-order valence-corrected chi connectivity index (χ4v) is 0.688. The van der Waals surface area contributed by atoms with Crippen molar-refractivity contribution in [2.75, 3.05) is 13.2 Å².